The number of fused-ring (bicyclic) bond motifs is 2. The minimum atomic E-state index is -0.401. The fourth-order valence-corrected chi connectivity index (χ4v) is 5.46. The minimum absolute atomic E-state index is 0.0877. The van der Waals surface area contributed by atoms with E-state index >= 15 is 0 Å². The monoisotopic (exact) mass is 537 g/mol. The van der Waals surface area contributed by atoms with Crippen molar-refractivity contribution in [2.24, 2.45) is 0 Å². The molecule has 2 N–H and O–H groups in total. The topological polar surface area (TPSA) is 63.2 Å². The highest BCUT2D eigenvalue weighted by molar-refractivity contribution is 7.80. The molecule has 5 aromatic rings. The van der Waals surface area contributed by atoms with Crippen LogP contribution < -0.4 is 15.4 Å². The summed E-state index contributed by atoms with van der Waals surface area (Å²) in [5.74, 6) is 0.0493. The van der Waals surface area contributed by atoms with Crippen LogP contribution in [0.15, 0.2) is 72.8 Å². The Bertz CT molecular complexity index is 1580. The summed E-state index contributed by atoms with van der Waals surface area (Å²) < 4.78 is 6.48. The molecule has 0 saturated carbocycles. The van der Waals surface area contributed by atoms with Gasteiger partial charge in [-0.2, -0.15) is 0 Å². The second-order valence-electron chi connectivity index (χ2n) is 7.61. The third-order valence-electron chi connectivity index (χ3n) is 5.37. The molecule has 1 heterocycles. The van der Waals surface area contributed by atoms with Crippen molar-refractivity contribution in [3.05, 3.63) is 88.4 Å². The minimum Gasteiger partial charge on any atom is -0.496 e. The summed E-state index contributed by atoms with van der Waals surface area (Å²) in [6.45, 7) is 0. The first kappa shape index (κ1) is 23.5. The molecule has 1 aromatic heterocycles. The molecular formula is C26H17Cl2N3O2S2. The number of hydrogen-bond acceptors (Lipinski definition) is 5. The lowest BCUT2D eigenvalue weighted by atomic mass is 10.1. The average Bonchev–Trinajstić information content (AvgIpc) is 3.28. The summed E-state index contributed by atoms with van der Waals surface area (Å²) in [5.41, 5.74) is 2.47. The molecule has 9 heteroatoms. The van der Waals surface area contributed by atoms with E-state index in [1.54, 1.807) is 18.2 Å². The number of rotatable bonds is 4. The number of thiocarbonyl (C=S) groups is 1. The van der Waals surface area contributed by atoms with Crippen molar-refractivity contribution < 1.29 is 9.53 Å². The van der Waals surface area contributed by atoms with Gasteiger partial charge in [0.05, 0.1) is 38.6 Å². The van der Waals surface area contributed by atoms with E-state index < -0.39 is 5.91 Å². The molecule has 0 bridgehead atoms. The quantitative estimate of drug-likeness (QED) is 0.231. The van der Waals surface area contributed by atoms with E-state index in [4.69, 9.17) is 40.2 Å². The molecule has 5 nitrogen and oxygen atoms in total. The van der Waals surface area contributed by atoms with Gasteiger partial charge in [-0.15, -0.1) is 11.3 Å². The van der Waals surface area contributed by atoms with Crippen LogP contribution in [0.5, 0.6) is 5.75 Å². The SMILES string of the molecule is COc1cc2ccccc2cc1C(=O)NC(=S)Nc1cc(-c2nc3ccccc3s2)c(Cl)cc1Cl. The number of para-hydroxylation sites is 1. The number of thiazole rings is 1. The Morgan fingerprint density at radius 3 is 2.43 bits per heavy atom. The molecule has 0 aliphatic carbocycles. The Morgan fingerprint density at radius 2 is 1.69 bits per heavy atom. The Hall–Kier alpha value is -3.23. The normalized spacial score (nSPS) is 10.9. The Morgan fingerprint density at radius 1 is 0.971 bits per heavy atom. The van der Waals surface area contributed by atoms with Gasteiger partial charge in [0.1, 0.15) is 10.8 Å². The number of ether oxygens (including phenoxy) is 1. The average molecular weight is 538 g/mol. The van der Waals surface area contributed by atoms with Crippen LogP contribution in [0.1, 0.15) is 10.4 Å². The molecule has 0 spiro atoms. The molecule has 0 unspecified atom stereocenters. The molecule has 0 aliphatic heterocycles. The predicted octanol–water partition coefficient (Wildman–Crippen LogP) is 7.56. The maximum absolute atomic E-state index is 13.0. The summed E-state index contributed by atoms with van der Waals surface area (Å²) in [7, 11) is 1.52. The number of methoxy groups -OCH3 is 1. The molecule has 0 fully saturated rings. The van der Waals surface area contributed by atoms with Crippen LogP contribution in [0.4, 0.5) is 5.69 Å². The van der Waals surface area contributed by atoms with Crippen molar-refractivity contribution in [2.75, 3.05) is 12.4 Å². The van der Waals surface area contributed by atoms with Crippen molar-refractivity contribution in [1.29, 1.82) is 0 Å². The largest absolute Gasteiger partial charge is 0.496 e. The zero-order valence-electron chi connectivity index (χ0n) is 18.3. The number of carbonyl (C=O) groups is 1. The van der Waals surface area contributed by atoms with Crippen LogP contribution in [0.3, 0.4) is 0 Å². The molecule has 0 saturated heterocycles. The van der Waals surface area contributed by atoms with Crippen molar-refractivity contribution in [3.8, 4) is 16.3 Å². The standard InChI is InChI=1S/C26H17Cl2N3O2S2/c1-33-22-11-15-7-3-2-6-14(15)10-17(22)24(32)31-26(34)30-21-12-16(18(27)13-19(21)28)25-29-20-8-4-5-9-23(20)35-25/h2-13H,1H3,(H2,30,31,32,34). The van der Waals surface area contributed by atoms with Crippen molar-refractivity contribution in [2.45, 2.75) is 0 Å². The van der Waals surface area contributed by atoms with Gasteiger partial charge in [0.15, 0.2) is 5.11 Å². The number of anilines is 1. The van der Waals surface area contributed by atoms with Crippen LogP contribution in [-0.2, 0) is 0 Å². The smallest absolute Gasteiger partial charge is 0.261 e. The summed E-state index contributed by atoms with van der Waals surface area (Å²) in [4.78, 5) is 17.7. The number of benzene rings is 4. The maximum Gasteiger partial charge on any atom is 0.261 e. The number of nitrogens with one attached hydrogen (secondary N) is 2. The van der Waals surface area contributed by atoms with E-state index in [-0.39, 0.29) is 5.11 Å². The van der Waals surface area contributed by atoms with Gasteiger partial charge in [0.2, 0.25) is 0 Å². The highest BCUT2D eigenvalue weighted by Crippen LogP contribution is 2.39. The van der Waals surface area contributed by atoms with Crippen LogP contribution in [0.25, 0.3) is 31.6 Å². The summed E-state index contributed by atoms with van der Waals surface area (Å²) >= 11 is 19.8. The van der Waals surface area contributed by atoms with Gasteiger partial charge in [0, 0.05) is 5.56 Å². The number of halogens is 2. The molecule has 4 aromatic carbocycles. The maximum atomic E-state index is 13.0. The van der Waals surface area contributed by atoms with Gasteiger partial charge >= 0.3 is 0 Å². The fraction of sp³-hybridized carbons (Fsp3) is 0.0385. The number of amides is 1. The lowest BCUT2D eigenvalue weighted by molar-refractivity contribution is 0.0975. The van der Waals surface area contributed by atoms with E-state index in [0.29, 0.717) is 32.6 Å². The summed E-state index contributed by atoms with van der Waals surface area (Å²) in [6.07, 6.45) is 0. The molecule has 0 radical (unpaired) electrons. The Balaban J connectivity index is 1.39. The van der Waals surface area contributed by atoms with Gasteiger partial charge in [-0.1, -0.05) is 59.6 Å². The Labute approximate surface area is 220 Å². The van der Waals surface area contributed by atoms with E-state index in [2.05, 4.69) is 15.6 Å². The molecule has 35 heavy (non-hydrogen) atoms. The number of hydrogen-bond donors (Lipinski definition) is 2. The first-order valence-corrected chi connectivity index (χ1v) is 12.4. The number of nitrogens with zero attached hydrogens (tertiary/aromatic N) is 1. The highest BCUT2D eigenvalue weighted by Gasteiger charge is 2.17. The molecule has 0 atom stereocenters. The predicted molar refractivity (Wildman–Crippen MR) is 149 cm³/mol. The van der Waals surface area contributed by atoms with E-state index in [0.717, 1.165) is 26.0 Å². The lowest BCUT2D eigenvalue weighted by Crippen LogP contribution is -2.34. The summed E-state index contributed by atoms with van der Waals surface area (Å²) in [5, 5.41) is 9.26. The molecule has 1 amide bonds. The van der Waals surface area contributed by atoms with E-state index in [1.165, 1.54) is 18.4 Å². The van der Waals surface area contributed by atoms with Crippen molar-refractivity contribution in [3.63, 3.8) is 0 Å². The molecule has 5 rings (SSSR count). The van der Waals surface area contributed by atoms with Crippen LogP contribution in [0, 0.1) is 0 Å². The van der Waals surface area contributed by atoms with Gasteiger partial charge in [-0.3, -0.25) is 10.1 Å². The second-order valence-corrected chi connectivity index (χ2v) is 9.86. The van der Waals surface area contributed by atoms with Crippen molar-refractivity contribution >= 4 is 84.5 Å². The highest BCUT2D eigenvalue weighted by atomic mass is 35.5. The van der Waals surface area contributed by atoms with E-state index in [1.807, 2.05) is 54.6 Å². The van der Waals surface area contributed by atoms with Crippen LogP contribution in [0.2, 0.25) is 10.0 Å². The van der Waals surface area contributed by atoms with Gasteiger partial charge in [-0.05, 0) is 59.4 Å². The zero-order valence-corrected chi connectivity index (χ0v) is 21.4. The van der Waals surface area contributed by atoms with Crippen LogP contribution in [-0.4, -0.2) is 23.1 Å². The molecule has 0 aliphatic rings. The van der Waals surface area contributed by atoms with E-state index in [9.17, 15) is 4.79 Å². The lowest BCUT2D eigenvalue weighted by Gasteiger charge is -2.14. The second kappa shape index (κ2) is 9.79. The third-order valence-corrected chi connectivity index (χ3v) is 7.27. The van der Waals surface area contributed by atoms with Gasteiger partial charge in [0.25, 0.3) is 5.91 Å². The Kier molecular flexibility index (Phi) is 6.58. The molecule has 174 valence electrons. The number of carbonyl (C=O) groups excluding carboxylic acids is 1. The van der Waals surface area contributed by atoms with Gasteiger partial charge < -0.3 is 10.1 Å². The zero-order chi connectivity index (χ0) is 24.5. The first-order chi connectivity index (χ1) is 16.9. The summed E-state index contributed by atoms with van der Waals surface area (Å²) in [6, 6.07) is 22.6. The molecular weight excluding hydrogens is 521 g/mol. The van der Waals surface area contributed by atoms with Crippen LogP contribution >= 0.6 is 46.8 Å². The van der Waals surface area contributed by atoms with Gasteiger partial charge in [-0.25, -0.2) is 4.98 Å². The fourth-order valence-electron chi connectivity index (χ4n) is 3.69. The first-order valence-electron chi connectivity index (χ1n) is 10.5. The third kappa shape index (κ3) is 4.81. The number of aromatic nitrogens is 1. The van der Waals surface area contributed by atoms with Crippen molar-refractivity contribution in [1.82, 2.24) is 10.3 Å².